The Bertz CT molecular complexity index is 506. The van der Waals surface area contributed by atoms with E-state index in [9.17, 15) is 4.79 Å². The summed E-state index contributed by atoms with van der Waals surface area (Å²) >= 11 is 5.93. The largest absolute Gasteiger partial charge is 0.313 e. The predicted octanol–water partition coefficient (Wildman–Crippen LogP) is 1.62. The number of hydrogen-bond donors (Lipinski definition) is 2. The maximum atomic E-state index is 11.7. The van der Waals surface area contributed by atoms with E-state index in [0.29, 0.717) is 28.2 Å². The van der Waals surface area contributed by atoms with Crippen LogP contribution in [-0.4, -0.2) is 29.6 Å². The van der Waals surface area contributed by atoms with Gasteiger partial charge in [-0.2, -0.15) is 5.10 Å². The van der Waals surface area contributed by atoms with E-state index >= 15 is 0 Å². The Hall–Kier alpha value is -1.39. The summed E-state index contributed by atoms with van der Waals surface area (Å²) in [6, 6.07) is 5.36. The van der Waals surface area contributed by atoms with Crippen LogP contribution in [0, 0.1) is 0 Å². The number of ketones is 1. The van der Waals surface area contributed by atoms with Crippen LogP contribution in [-0.2, 0) is 0 Å². The van der Waals surface area contributed by atoms with Crippen LogP contribution in [0.1, 0.15) is 10.4 Å². The minimum atomic E-state index is 0.00593. The molecular weight excluding hydrogens is 214 g/mol. The summed E-state index contributed by atoms with van der Waals surface area (Å²) in [4.78, 5) is 11.7. The molecule has 0 aliphatic carbocycles. The first-order valence-corrected chi connectivity index (χ1v) is 4.92. The highest BCUT2D eigenvalue weighted by molar-refractivity contribution is 6.35. The van der Waals surface area contributed by atoms with Gasteiger partial charge < -0.3 is 5.32 Å². The molecule has 0 atom stereocenters. The fourth-order valence-electron chi connectivity index (χ4n) is 1.52. The van der Waals surface area contributed by atoms with Crippen molar-refractivity contribution in [3.8, 4) is 0 Å². The smallest absolute Gasteiger partial charge is 0.177 e. The Labute approximate surface area is 91.6 Å². The highest BCUT2D eigenvalue weighted by Gasteiger charge is 2.13. The molecule has 1 aromatic carbocycles. The van der Waals surface area contributed by atoms with E-state index in [1.807, 2.05) is 6.07 Å². The van der Waals surface area contributed by atoms with Gasteiger partial charge in [-0.1, -0.05) is 23.7 Å². The molecule has 1 aromatic heterocycles. The number of nitrogens with zero attached hydrogens (tertiary/aromatic N) is 1. The molecule has 0 fully saturated rings. The summed E-state index contributed by atoms with van der Waals surface area (Å²) in [6.07, 6.45) is 0. The lowest BCUT2D eigenvalue weighted by atomic mass is 10.1. The summed E-state index contributed by atoms with van der Waals surface area (Å²) < 4.78 is 0. The second-order valence-electron chi connectivity index (χ2n) is 3.19. The van der Waals surface area contributed by atoms with Crippen molar-refractivity contribution >= 4 is 28.3 Å². The van der Waals surface area contributed by atoms with Crippen molar-refractivity contribution in [2.75, 3.05) is 13.6 Å². The topological polar surface area (TPSA) is 57.8 Å². The Morgan fingerprint density at radius 3 is 3.13 bits per heavy atom. The summed E-state index contributed by atoms with van der Waals surface area (Å²) in [6.45, 7) is 0.292. The first-order chi connectivity index (χ1) is 7.24. The number of rotatable bonds is 3. The molecule has 78 valence electrons. The van der Waals surface area contributed by atoms with E-state index in [0.717, 1.165) is 0 Å². The molecule has 2 N–H and O–H groups in total. The monoisotopic (exact) mass is 223 g/mol. The summed E-state index contributed by atoms with van der Waals surface area (Å²) in [5.74, 6) is 0.00593. The van der Waals surface area contributed by atoms with Gasteiger partial charge >= 0.3 is 0 Å². The van der Waals surface area contributed by atoms with Gasteiger partial charge in [0, 0.05) is 10.9 Å². The van der Waals surface area contributed by atoms with Gasteiger partial charge in [-0.15, -0.1) is 0 Å². The number of halogens is 1. The van der Waals surface area contributed by atoms with Crippen LogP contribution in [0.3, 0.4) is 0 Å². The molecule has 0 amide bonds. The fraction of sp³-hybridized carbons (Fsp3) is 0.200. The van der Waals surface area contributed by atoms with Crippen LogP contribution in [0.5, 0.6) is 0 Å². The highest BCUT2D eigenvalue weighted by atomic mass is 35.5. The number of H-pyrrole nitrogens is 1. The van der Waals surface area contributed by atoms with Crippen molar-refractivity contribution in [3.63, 3.8) is 0 Å². The van der Waals surface area contributed by atoms with Crippen molar-refractivity contribution in [2.24, 2.45) is 0 Å². The van der Waals surface area contributed by atoms with Gasteiger partial charge in [0.05, 0.1) is 12.1 Å². The molecular formula is C10H10ClN3O. The van der Waals surface area contributed by atoms with Gasteiger partial charge in [0.2, 0.25) is 0 Å². The number of aromatic amines is 1. The van der Waals surface area contributed by atoms with Crippen LogP contribution in [0.2, 0.25) is 5.15 Å². The lowest BCUT2D eigenvalue weighted by Gasteiger charge is -2.01. The van der Waals surface area contributed by atoms with E-state index < -0.39 is 0 Å². The number of likely N-dealkylation sites (N-methyl/N-ethyl adjacent to an activating group) is 1. The minimum Gasteiger partial charge on any atom is -0.313 e. The second-order valence-corrected chi connectivity index (χ2v) is 3.57. The van der Waals surface area contributed by atoms with Crippen molar-refractivity contribution in [1.82, 2.24) is 15.5 Å². The summed E-state index contributed by atoms with van der Waals surface area (Å²) in [5.41, 5.74) is 1.31. The third kappa shape index (κ3) is 1.73. The van der Waals surface area contributed by atoms with Crippen molar-refractivity contribution in [3.05, 3.63) is 28.9 Å². The number of carbonyl (C=O) groups is 1. The van der Waals surface area contributed by atoms with Gasteiger partial charge in [0.15, 0.2) is 5.78 Å². The maximum absolute atomic E-state index is 11.7. The number of fused-ring (bicyclic) bond motifs is 1. The Morgan fingerprint density at radius 2 is 2.40 bits per heavy atom. The molecule has 0 aliphatic rings. The zero-order chi connectivity index (χ0) is 10.8. The molecule has 1 heterocycles. The van der Waals surface area contributed by atoms with E-state index in [-0.39, 0.29) is 5.78 Å². The first kappa shape index (κ1) is 10.1. The number of Topliss-reactive ketones (excluding diaryl/α,β-unsaturated/α-hetero) is 1. The summed E-state index contributed by atoms with van der Waals surface area (Å²) in [5, 5.41) is 10.6. The molecule has 0 saturated carbocycles. The third-order valence-corrected chi connectivity index (χ3v) is 2.45. The van der Waals surface area contributed by atoms with E-state index in [4.69, 9.17) is 11.6 Å². The summed E-state index contributed by atoms with van der Waals surface area (Å²) in [7, 11) is 1.73. The molecule has 0 radical (unpaired) electrons. The number of nitrogens with one attached hydrogen (secondary N) is 2. The Morgan fingerprint density at radius 1 is 1.60 bits per heavy atom. The number of benzene rings is 1. The molecule has 0 bridgehead atoms. The molecule has 2 rings (SSSR count). The molecule has 0 spiro atoms. The number of hydrogen-bond acceptors (Lipinski definition) is 3. The SMILES string of the molecule is CNCC(=O)c1cccc2n[nH]c(Cl)c12. The van der Waals surface area contributed by atoms with E-state index in [2.05, 4.69) is 15.5 Å². The molecule has 5 heteroatoms. The van der Waals surface area contributed by atoms with Crippen molar-refractivity contribution < 1.29 is 4.79 Å². The third-order valence-electron chi connectivity index (χ3n) is 2.17. The van der Waals surface area contributed by atoms with Crippen LogP contribution in [0.4, 0.5) is 0 Å². The molecule has 0 unspecified atom stereocenters. The minimum absolute atomic E-state index is 0.00593. The van der Waals surface area contributed by atoms with Crippen molar-refractivity contribution in [1.29, 1.82) is 0 Å². The Kier molecular flexibility index (Phi) is 2.70. The van der Waals surface area contributed by atoms with Crippen LogP contribution in [0.25, 0.3) is 10.9 Å². The van der Waals surface area contributed by atoms with Gasteiger partial charge in [-0.3, -0.25) is 9.89 Å². The average molecular weight is 224 g/mol. The number of carbonyl (C=O) groups excluding carboxylic acids is 1. The lowest BCUT2D eigenvalue weighted by molar-refractivity contribution is 0.0995. The predicted molar refractivity (Wildman–Crippen MR) is 59.4 cm³/mol. The van der Waals surface area contributed by atoms with E-state index in [1.54, 1.807) is 19.2 Å². The lowest BCUT2D eigenvalue weighted by Crippen LogP contribution is -2.18. The second kappa shape index (κ2) is 4.00. The first-order valence-electron chi connectivity index (χ1n) is 4.54. The molecule has 0 saturated heterocycles. The normalized spacial score (nSPS) is 10.8. The molecule has 15 heavy (non-hydrogen) atoms. The fourth-order valence-corrected chi connectivity index (χ4v) is 1.76. The van der Waals surface area contributed by atoms with Crippen molar-refractivity contribution in [2.45, 2.75) is 0 Å². The standard InChI is InChI=1S/C10H10ClN3O/c1-12-5-8(15)6-3-2-4-7-9(6)10(11)14-13-7/h2-4,12H,5H2,1H3,(H,13,14). The number of aromatic nitrogens is 2. The highest BCUT2D eigenvalue weighted by Crippen LogP contribution is 2.24. The zero-order valence-electron chi connectivity index (χ0n) is 8.17. The molecule has 2 aromatic rings. The Balaban J connectivity index is 2.59. The van der Waals surface area contributed by atoms with E-state index in [1.165, 1.54) is 0 Å². The quantitative estimate of drug-likeness (QED) is 0.778. The van der Waals surface area contributed by atoms with Crippen LogP contribution in [0.15, 0.2) is 18.2 Å². The molecule has 0 aliphatic heterocycles. The van der Waals surface area contributed by atoms with Gasteiger partial charge in [0.1, 0.15) is 5.15 Å². The maximum Gasteiger partial charge on any atom is 0.177 e. The average Bonchev–Trinajstić information content (AvgIpc) is 2.61. The molecule has 4 nitrogen and oxygen atoms in total. The zero-order valence-corrected chi connectivity index (χ0v) is 8.93. The van der Waals surface area contributed by atoms with Gasteiger partial charge in [0.25, 0.3) is 0 Å². The van der Waals surface area contributed by atoms with Crippen LogP contribution >= 0.6 is 11.6 Å². The van der Waals surface area contributed by atoms with Gasteiger partial charge in [-0.05, 0) is 13.1 Å². The van der Waals surface area contributed by atoms with Gasteiger partial charge in [-0.25, -0.2) is 0 Å². The van der Waals surface area contributed by atoms with Crippen LogP contribution < -0.4 is 5.32 Å².